The molecule has 0 spiro atoms. The van der Waals surface area contributed by atoms with Crippen LogP contribution in [0.5, 0.6) is 0 Å². The van der Waals surface area contributed by atoms with Crippen LogP contribution in [0.4, 0.5) is 0 Å². The molecule has 0 rings (SSSR count). The van der Waals surface area contributed by atoms with Crippen LogP contribution in [0, 0.1) is 0 Å². The van der Waals surface area contributed by atoms with Crippen molar-refractivity contribution in [2.75, 3.05) is 37.5 Å². The monoisotopic (exact) mass is 482 g/mol. The summed E-state index contributed by atoms with van der Waals surface area (Å²) in [6.07, 6.45) is 20.7. The van der Waals surface area contributed by atoms with Crippen LogP contribution in [0.1, 0.15) is 64.2 Å². The topological polar surface area (TPSA) is 27.7 Å². The van der Waals surface area contributed by atoms with Crippen LogP contribution < -0.4 is 0 Å². The summed E-state index contributed by atoms with van der Waals surface area (Å²) in [4.78, 5) is 0. The highest BCUT2D eigenvalue weighted by atomic mass is 79.9. The first-order valence-electron chi connectivity index (χ1n) is 9.57. The molecular weight excluding hydrogens is 448 g/mol. The van der Waals surface area contributed by atoms with Crippen molar-refractivity contribution in [1.82, 2.24) is 0 Å². The molecule has 0 saturated carbocycles. The second kappa shape index (κ2) is 24.3. The molecule has 0 atom stereocenters. The second-order valence-electron chi connectivity index (χ2n) is 5.85. The van der Waals surface area contributed by atoms with Crippen LogP contribution in [0.25, 0.3) is 0 Å². The molecule has 148 valence electrons. The fraction of sp³-hybridized carbons (Fsp3) is 0.800. The Balaban J connectivity index is 3.07. The van der Waals surface area contributed by atoms with Crippen molar-refractivity contribution in [3.05, 3.63) is 24.3 Å². The van der Waals surface area contributed by atoms with Crippen molar-refractivity contribution in [2.24, 2.45) is 0 Å². The van der Waals surface area contributed by atoms with E-state index in [1.54, 1.807) is 0 Å². The van der Waals surface area contributed by atoms with E-state index in [4.69, 9.17) is 14.2 Å². The molecule has 0 fully saturated rings. The lowest BCUT2D eigenvalue weighted by atomic mass is 10.2. The molecule has 25 heavy (non-hydrogen) atoms. The maximum atomic E-state index is 5.41. The fourth-order valence-electron chi connectivity index (χ4n) is 2.06. The zero-order valence-electron chi connectivity index (χ0n) is 15.6. The molecule has 0 aromatic rings. The quantitative estimate of drug-likeness (QED) is 0.0828. The molecule has 0 aliphatic rings. The van der Waals surface area contributed by atoms with Gasteiger partial charge in [0.15, 0.2) is 0 Å². The third-order valence-electron chi connectivity index (χ3n) is 3.49. The smallest absolute Gasteiger partial charge is 0.149 e. The van der Waals surface area contributed by atoms with Gasteiger partial charge in [-0.25, -0.2) is 0 Å². The lowest BCUT2D eigenvalue weighted by Crippen LogP contribution is -2.06. The third kappa shape index (κ3) is 24.3. The van der Waals surface area contributed by atoms with Crippen LogP contribution in [0.15, 0.2) is 24.3 Å². The van der Waals surface area contributed by atoms with Crippen LogP contribution in [0.2, 0.25) is 0 Å². The maximum absolute atomic E-state index is 5.41. The van der Waals surface area contributed by atoms with Gasteiger partial charge in [-0.1, -0.05) is 56.2 Å². The summed E-state index contributed by atoms with van der Waals surface area (Å²) >= 11 is 6.88. The summed E-state index contributed by atoms with van der Waals surface area (Å²) in [5.74, 6) is 0. The van der Waals surface area contributed by atoms with Gasteiger partial charge in [0.2, 0.25) is 0 Å². The summed E-state index contributed by atoms with van der Waals surface area (Å²) in [6, 6.07) is 0. The SMILES string of the molecule is BrCCCCC=CCCCOCOCOCCCC=CCCCCBr. The minimum Gasteiger partial charge on any atom is -0.355 e. The average Bonchev–Trinajstić information content (AvgIpc) is 2.63. The van der Waals surface area contributed by atoms with Crippen LogP contribution in [0.3, 0.4) is 0 Å². The Kier molecular flexibility index (Phi) is 24.6. The average molecular weight is 484 g/mol. The first kappa shape index (κ1) is 25.3. The van der Waals surface area contributed by atoms with E-state index < -0.39 is 0 Å². The lowest BCUT2D eigenvalue weighted by molar-refractivity contribution is -0.131. The summed E-state index contributed by atoms with van der Waals surface area (Å²) in [5, 5.41) is 2.21. The number of alkyl halides is 2. The maximum Gasteiger partial charge on any atom is 0.149 e. The van der Waals surface area contributed by atoms with Gasteiger partial charge in [0.05, 0.1) is 0 Å². The Hall–Kier alpha value is 0.320. The highest BCUT2D eigenvalue weighted by molar-refractivity contribution is 9.09. The van der Waals surface area contributed by atoms with Crippen molar-refractivity contribution >= 4 is 31.9 Å². The molecule has 0 heterocycles. The van der Waals surface area contributed by atoms with Gasteiger partial charge >= 0.3 is 0 Å². The number of halogens is 2. The third-order valence-corrected chi connectivity index (χ3v) is 4.62. The summed E-state index contributed by atoms with van der Waals surface area (Å²) < 4.78 is 16.1. The minimum absolute atomic E-state index is 0.322. The largest absolute Gasteiger partial charge is 0.355 e. The van der Waals surface area contributed by atoms with Crippen molar-refractivity contribution in [2.45, 2.75) is 64.2 Å². The fourth-order valence-corrected chi connectivity index (χ4v) is 2.85. The Labute approximate surface area is 171 Å². The molecule has 0 aliphatic carbocycles. The van der Waals surface area contributed by atoms with Crippen molar-refractivity contribution in [3.63, 3.8) is 0 Å². The van der Waals surface area contributed by atoms with Gasteiger partial charge < -0.3 is 14.2 Å². The summed E-state index contributed by atoms with van der Waals surface area (Å²) in [7, 11) is 0. The zero-order valence-corrected chi connectivity index (χ0v) is 18.8. The molecule has 0 amide bonds. The minimum atomic E-state index is 0.322. The van der Waals surface area contributed by atoms with Crippen molar-refractivity contribution < 1.29 is 14.2 Å². The molecule has 0 aromatic heterocycles. The predicted octanol–water partition coefficient (Wildman–Crippen LogP) is 6.75. The molecule has 3 nitrogen and oxygen atoms in total. The predicted molar refractivity (Wildman–Crippen MR) is 115 cm³/mol. The summed E-state index contributed by atoms with van der Waals surface area (Å²) in [6.45, 7) is 2.13. The number of unbranched alkanes of at least 4 members (excludes halogenated alkanes) is 6. The van der Waals surface area contributed by atoms with E-state index in [1.807, 2.05) is 0 Å². The lowest BCUT2D eigenvalue weighted by Gasteiger charge is -2.06. The number of allylic oxidation sites excluding steroid dienone is 4. The normalized spacial score (nSPS) is 11.9. The van der Waals surface area contributed by atoms with E-state index in [0.717, 1.165) is 49.6 Å². The molecule has 0 bridgehead atoms. The molecule has 0 saturated heterocycles. The van der Waals surface area contributed by atoms with Gasteiger partial charge in [-0.05, 0) is 64.2 Å². The van der Waals surface area contributed by atoms with Gasteiger partial charge in [-0.3, -0.25) is 0 Å². The first-order valence-corrected chi connectivity index (χ1v) is 11.8. The van der Waals surface area contributed by atoms with Crippen LogP contribution in [-0.4, -0.2) is 37.5 Å². The van der Waals surface area contributed by atoms with E-state index in [0.29, 0.717) is 13.6 Å². The number of hydrogen-bond acceptors (Lipinski definition) is 3. The standard InChI is InChI=1S/C20H36Br2O3/c21-15-11-7-3-1-5-9-13-17-23-19-25-20-24-18-14-10-6-2-4-8-12-16-22/h1-2,5-6H,3-4,7-20H2. The summed E-state index contributed by atoms with van der Waals surface area (Å²) in [5.41, 5.74) is 0. The van der Waals surface area contributed by atoms with E-state index in [2.05, 4.69) is 56.2 Å². The van der Waals surface area contributed by atoms with E-state index in [1.165, 1.54) is 38.5 Å². The van der Waals surface area contributed by atoms with E-state index in [9.17, 15) is 0 Å². The zero-order chi connectivity index (χ0) is 18.3. The highest BCUT2D eigenvalue weighted by Crippen LogP contribution is 2.02. The van der Waals surface area contributed by atoms with Gasteiger partial charge in [-0.15, -0.1) is 0 Å². The van der Waals surface area contributed by atoms with E-state index in [-0.39, 0.29) is 0 Å². The number of hydrogen-bond donors (Lipinski definition) is 0. The number of rotatable bonds is 20. The van der Waals surface area contributed by atoms with Gasteiger partial charge in [0.1, 0.15) is 13.6 Å². The van der Waals surface area contributed by atoms with Gasteiger partial charge in [0.25, 0.3) is 0 Å². The first-order chi connectivity index (χ1) is 12.4. The van der Waals surface area contributed by atoms with Crippen molar-refractivity contribution in [1.29, 1.82) is 0 Å². The van der Waals surface area contributed by atoms with Gasteiger partial charge in [-0.2, -0.15) is 0 Å². The van der Waals surface area contributed by atoms with Crippen LogP contribution in [-0.2, 0) is 14.2 Å². The Morgan fingerprint density at radius 2 is 0.880 bits per heavy atom. The van der Waals surface area contributed by atoms with E-state index >= 15 is 0 Å². The molecule has 5 heteroatoms. The van der Waals surface area contributed by atoms with Gasteiger partial charge in [0, 0.05) is 23.9 Å². The Bertz CT molecular complexity index is 269. The second-order valence-corrected chi connectivity index (χ2v) is 7.44. The Morgan fingerprint density at radius 1 is 0.480 bits per heavy atom. The molecule has 0 aromatic carbocycles. The molecular formula is C20H36Br2O3. The highest BCUT2D eigenvalue weighted by Gasteiger charge is 1.91. The Morgan fingerprint density at radius 3 is 1.28 bits per heavy atom. The molecule has 0 N–H and O–H groups in total. The molecule has 0 radical (unpaired) electrons. The number of ether oxygens (including phenoxy) is 3. The van der Waals surface area contributed by atoms with Crippen molar-refractivity contribution in [3.8, 4) is 0 Å². The molecule has 0 aliphatic heterocycles. The van der Waals surface area contributed by atoms with Crippen LogP contribution >= 0.6 is 31.9 Å². The molecule has 0 unspecified atom stereocenters.